The largest absolute Gasteiger partial charge is 0.347 e. The van der Waals surface area contributed by atoms with Gasteiger partial charge in [0, 0.05) is 29.3 Å². The van der Waals surface area contributed by atoms with Crippen molar-refractivity contribution in [3.8, 4) is 16.9 Å². The Morgan fingerprint density at radius 2 is 1.59 bits per heavy atom. The summed E-state index contributed by atoms with van der Waals surface area (Å²) in [4.78, 5) is 27.8. The number of pyridine rings is 1. The number of H-pyrrole nitrogens is 1. The Labute approximate surface area is 184 Å². The van der Waals surface area contributed by atoms with Crippen molar-refractivity contribution in [1.82, 2.24) is 20.1 Å². The van der Waals surface area contributed by atoms with Crippen molar-refractivity contribution >= 4 is 16.7 Å². The molecule has 5 rings (SSSR count). The number of fused-ring (bicyclic) bond motifs is 1. The predicted octanol–water partition coefficient (Wildman–Crippen LogP) is 4.31. The van der Waals surface area contributed by atoms with Crippen molar-refractivity contribution in [2.45, 2.75) is 6.54 Å². The van der Waals surface area contributed by atoms with Gasteiger partial charge in [-0.3, -0.25) is 9.59 Å². The van der Waals surface area contributed by atoms with E-state index >= 15 is 0 Å². The fourth-order valence-corrected chi connectivity index (χ4v) is 3.70. The maximum Gasteiger partial charge on any atom is 0.268 e. The van der Waals surface area contributed by atoms with Crippen molar-refractivity contribution < 1.29 is 4.79 Å². The first kappa shape index (κ1) is 19.5. The summed E-state index contributed by atoms with van der Waals surface area (Å²) < 4.78 is 1.81. The molecule has 156 valence electrons. The number of hydrogen-bond donors (Lipinski definition) is 2. The van der Waals surface area contributed by atoms with Gasteiger partial charge in [0.1, 0.15) is 5.69 Å². The first-order chi connectivity index (χ1) is 15.7. The van der Waals surface area contributed by atoms with E-state index in [0.717, 1.165) is 27.9 Å². The highest BCUT2D eigenvalue weighted by atomic mass is 16.2. The van der Waals surface area contributed by atoms with Crippen LogP contribution in [0.2, 0.25) is 0 Å². The third-order valence-corrected chi connectivity index (χ3v) is 5.30. The Balaban J connectivity index is 1.45. The molecule has 5 aromatic rings. The molecule has 0 aliphatic rings. The molecular formula is C26H20N4O2. The second-order valence-electron chi connectivity index (χ2n) is 7.43. The molecule has 0 atom stereocenters. The van der Waals surface area contributed by atoms with Gasteiger partial charge in [-0.2, -0.15) is 5.10 Å². The molecule has 0 aliphatic carbocycles. The number of amides is 1. The van der Waals surface area contributed by atoms with Crippen molar-refractivity contribution in [2.24, 2.45) is 0 Å². The van der Waals surface area contributed by atoms with Gasteiger partial charge in [0.05, 0.1) is 11.4 Å². The second-order valence-corrected chi connectivity index (χ2v) is 7.43. The minimum Gasteiger partial charge on any atom is -0.347 e. The van der Waals surface area contributed by atoms with Crippen LogP contribution in [0.25, 0.3) is 27.7 Å². The maximum atomic E-state index is 12.8. The molecule has 2 heterocycles. The quantitative estimate of drug-likeness (QED) is 0.445. The van der Waals surface area contributed by atoms with Gasteiger partial charge in [-0.05, 0) is 29.7 Å². The minimum atomic E-state index is -0.348. The summed E-state index contributed by atoms with van der Waals surface area (Å²) in [5, 5.41) is 8.96. The van der Waals surface area contributed by atoms with Gasteiger partial charge in [-0.25, -0.2) is 4.68 Å². The average Bonchev–Trinajstić information content (AvgIpc) is 3.28. The van der Waals surface area contributed by atoms with Gasteiger partial charge in [0.15, 0.2) is 0 Å². The molecule has 0 unspecified atom stereocenters. The van der Waals surface area contributed by atoms with Gasteiger partial charge in [0.25, 0.3) is 11.5 Å². The van der Waals surface area contributed by atoms with E-state index in [4.69, 9.17) is 5.10 Å². The lowest BCUT2D eigenvalue weighted by atomic mass is 10.1. The Hall–Kier alpha value is -4.45. The molecule has 2 N–H and O–H groups in total. The highest BCUT2D eigenvalue weighted by Gasteiger charge is 2.15. The summed E-state index contributed by atoms with van der Waals surface area (Å²) in [5.74, 6) is -0.348. The van der Waals surface area contributed by atoms with Crippen molar-refractivity contribution in [3.63, 3.8) is 0 Å². The number of hydrogen-bond acceptors (Lipinski definition) is 3. The Morgan fingerprint density at radius 1 is 0.906 bits per heavy atom. The first-order valence-electron chi connectivity index (χ1n) is 10.3. The summed E-state index contributed by atoms with van der Waals surface area (Å²) in [7, 11) is 0. The van der Waals surface area contributed by atoms with E-state index in [0.29, 0.717) is 5.39 Å². The highest BCUT2D eigenvalue weighted by molar-refractivity contribution is 5.96. The van der Waals surface area contributed by atoms with Crippen LogP contribution < -0.4 is 10.9 Å². The van der Waals surface area contributed by atoms with E-state index in [1.807, 2.05) is 83.7 Å². The van der Waals surface area contributed by atoms with Crippen LogP contribution in [0.15, 0.2) is 102 Å². The molecule has 32 heavy (non-hydrogen) atoms. The Kier molecular flexibility index (Phi) is 5.09. The molecule has 0 fully saturated rings. The van der Waals surface area contributed by atoms with E-state index in [-0.39, 0.29) is 23.7 Å². The minimum absolute atomic E-state index is 0.227. The topological polar surface area (TPSA) is 79.8 Å². The molecule has 3 aromatic carbocycles. The lowest BCUT2D eigenvalue weighted by Crippen LogP contribution is -2.26. The van der Waals surface area contributed by atoms with Crippen LogP contribution in [-0.2, 0) is 6.54 Å². The number of rotatable bonds is 5. The molecular weight excluding hydrogens is 400 g/mol. The summed E-state index contributed by atoms with van der Waals surface area (Å²) in [6.45, 7) is 0.269. The standard InChI is InChI=1S/C26H20N4O2/c31-25-22-14-8-7-11-19(22)15-23(28-25)26(32)27-16-20-17-30(21-12-5-2-6-13-21)29-24(20)18-9-3-1-4-10-18/h1-15,17H,16H2,(H,27,32)(H,28,31). The number of aromatic amines is 1. The van der Waals surface area contributed by atoms with E-state index < -0.39 is 0 Å². The van der Waals surface area contributed by atoms with Gasteiger partial charge in [0.2, 0.25) is 0 Å². The second kappa shape index (κ2) is 8.35. The number of nitrogens with one attached hydrogen (secondary N) is 2. The van der Waals surface area contributed by atoms with Crippen LogP contribution in [-0.4, -0.2) is 20.7 Å². The van der Waals surface area contributed by atoms with Crippen LogP contribution in [0.4, 0.5) is 0 Å². The molecule has 0 saturated carbocycles. The molecule has 6 nitrogen and oxygen atoms in total. The lowest BCUT2D eigenvalue weighted by molar-refractivity contribution is 0.0946. The number of carbonyl (C=O) groups is 1. The summed E-state index contributed by atoms with van der Waals surface area (Å²) in [5.41, 5.74) is 3.51. The SMILES string of the molecule is O=C(NCc1cn(-c2ccccc2)nc1-c1ccccc1)c1cc2ccccc2c(=O)[nH]1. The number of para-hydroxylation sites is 1. The molecule has 0 radical (unpaired) electrons. The number of carbonyl (C=O) groups excluding carboxylic acids is 1. The van der Waals surface area contributed by atoms with Crippen LogP contribution in [0, 0.1) is 0 Å². The predicted molar refractivity (Wildman–Crippen MR) is 125 cm³/mol. The van der Waals surface area contributed by atoms with Crippen LogP contribution in [0.1, 0.15) is 16.1 Å². The van der Waals surface area contributed by atoms with Gasteiger partial charge in [-0.15, -0.1) is 0 Å². The summed E-state index contributed by atoms with van der Waals surface area (Å²) in [6, 6.07) is 28.6. The third-order valence-electron chi connectivity index (χ3n) is 5.30. The molecule has 6 heteroatoms. The van der Waals surface area contributed by atoms with Crippen molar-refractivity contribution in [3.05, 3.63) is 119 Å². The van der Waals surface area contributed by atoms with Crippen molar-refractivity contribution in [1.29, 1.82) is 0 Å². The molecule has 0 aliphatic heterocycles. The Bertz CT molecular complexity index is 1450. The van der Waals surface area contributed by atoms with Crippen LogP contribution >= 0.6 is 0 Å². The molecule has 0 bridgehead atoms. The number of nitrogens with zero attached hydrogens (tertiary/aromatic N) is 2. The molecule has 1 amide bonds. The third kappa shape index (κ3) is 3.81. The van der Waals surface area contributed by atoms with Crippen LogP contribution in [0.3, 0.4) is 0 Å². The normalized spacial score (nSPS) is 10.9. The van der Waals surface area contributed by atoms with Gasteiger partial charge >= 0.3 is 0 Å². The fraction of sp³-hybridized carbons (Fsp3) is 0.0385. The monoisotopic (exact) mass is 420 g/mol. The van der Waals surface area contributed by atoms with E-state index in [1.54, 1.807) is 18.2 Å². The average molecular weight is 420 g/mol. The molecule has 2 aromatic heterocycles. The lowest BCUT2D eigenvalue weighted by Gasteiger charge is -2.07. The summed E-state index contributed by atoms with van der Waals surface area (Å²) in [6.07, 6.45) is 1.92. The van der Waals surface area contributed by atoms with Gasteiger partial charge < -0.3 is 10.3 Å². The van der Waals surface area contributed by atoms with E-state index in [1.165, 1.54) is 0 Å². The smallest absolute Gasteiger partial charge is 0.268 e. The Morgan fingerprint density at radius 3 is 2.38 bits per heavy atom. The fourth-order valence-electron chi connectivity index (χ4n) is 3.70. The highest BCUT2D eigenvalue weighted by Crippen LogP contribution is 2.23. The van der Waals surface area contributed by atoms with E-state index in [9.17, 15) is 9.59 Å². The number of aromatic nitrogens is 3. The zero-order chi connectivity index (χ0) is 21.9. The van der Waals surface area contributed by atoms with Crippen LogP contribution in [0.5, 0.6) is 0 Å². The summed E-state index contributed by atoms with van der Waals surface area (Å²) >= 11 is 0. The van der Waals surface area contributed by atoms with Gasteiger partial charge in [-0.1, -0.05) is 66.7 Å². The first-order valence-corrected chi connectivity index (χ1v) is 10.3. The zero-order valence-electron chi connectivity index (χ0n) is 17.2. The molecule has 0 spiro atoms. The van der Waals surface area contributed by atoms with E-state index in [2.05, 4.69) is 10.3 Å². The number of benzene rings is 3. The maximum absolute atomic E-state index is 12.8. The van der Waals surface area contributed by atoms with Crippen molar-refractivity contribution in [2.75, 3.05) is 0 Å². The molecule has 0 saturated heterocycles. The zero-order valence-corrected chi connectivity index (χ0v) is 17.2.